The fourth-order valence-corrected chi connectivity index (χ4v) is 1.97. The van der Waals surface area contributed by atoms with Gasteiger partial charge in [0.05, 0.1) is 11.1 Å². The van der Waals surface area contributed by atoms with Crippen LogP contribution in [-0.4, -0.2) is 15.2 Å². The van der Waals surface area contributed by atoms with E-state index in [0.717, 1.165) is 25.0 Å². The van der Waals surface area contributed by atoms with Crippen molar-refractivity contribution < 1.29 is 0 Å². The highest BCUT2D eigenvalue weighted by Crippen LogP contribution is 2.24. The highest BCUT2D eigenvalue weighted by molar-refractivity contribution is 6.22. The van der Waals surface area contributed by atoms with Crippen molar-refractivity contribution in [3.63, 3.8) is 0 Å². The van der Waals surface area contributed by atoms with Gasteiger partial charge in [0.2, 0.25) is 0 Å². The molecule has 1 aromatic rings. The summed E-state index contributed by atoms with van der Waals surface area (Å²) in [7, 11) is 1.94. The predicted molar refractivity (Wildman–Crippen MR) is 53.9 cm³/mol. The van der Waals surface area contributed by atoms with E-state index in [-0.39, 0.29) is 5.38 Å². The van der Waals surface area contributed by atoms with Crippen molar-refractivity contribution in [3.05, 3.63) is 29.6 Å². The van der Waals surface area contributed by atoms with E-state index >= 15 is 0 Å². The summed E-state index contributed by atoms with van der Waals surface area (Å²) in [6.45, 7) is 0. The number of hydrogen-bond donors (Lipinski definition) is 0. The van der Waals surface area contributed by atoms with Gasteiger partial charge in [0.25, 0.3) is 0 Å². The Hall–Kier alpha value is -0.760. The minimum atomic E-state index is 0.249. The molecule has 3 heteroatoms. The predicted octanol–water partition coefficient (Wildman–Crippen LogP) is 2.29. The van der Waals surface area contributed by atoms with E-state index in [0.29, 0.717) is 0 Å². The second kappa shape index (κ2) is 3.54. The molecule has 1 aromatic heterocycles. The van der Waals surface area contributed by atoms with Gasteiger partial charge in [-0.25, -0.2) is 0 Å². The molecule has 0 amide bonds. The number of rotatable bonds is 2. The van der Waals surface area contributed by atoms with Crippen LogP contribution in [-0.2, 0) is 13.5 Å². The summed E-state index contributed by atoms with van der Waals surface area (Å²) in [4.78, 5) is 0. The first kappa shape index (κ1) is 8.82. The first-order valence-electron chi connectivity index (χ1n) is 4.56. The van der Waals surface area contributed by atoms with Crippen LogP contribution in [0.3, 0.4) is 0 Å². The zero-order valence-electron chi connectivity index (χ0n) is 7.70. The maximum Gasteiger partial charge on any atom is 0.0664 e. The Bertz CT molecular complexity index is 327. The molecule has 0 N–H and O–H groups in total. The van der Waals surface area contributed by atoms with E-state index in [1.807, 2.05) is 17.9 Å². The van der Waals surface area contributed by atoms with Gasteiger partial charge in [-0.15, -0.1) is 11.6 Å². The Balaban J connectivity index is 2.02. The van der Waals surface area contributed by atoms with E-state index < -0.39 is 0 Å². The molecular formula is C10H13ClN2. The van der Waals surface area contributed by atoms with Crippen LogP contribution in [0.5, 0.6) is 0 Å². The van der Waals surface area contributed by atoms with Gasteiger partial charge in [0, 0.05) is 19.7 Å². The molecule has 2 nitrogen and oxygen atoms in total. The monoisotopic (exact) mass is 196 g/mol. The molecule has 1 atom stereocenters. The van der Waals surface area contributed by atoms with Gasteiger partial charge >= 0.3 is 0 Å². The van der Waals surface area contributed by atoms with Gasteiger partial charge in [-0.1, -0.05) is 11.6 Å². The molecule has 1 aliphatic carbocycles. The number of hydrogen-bond acceptors (Lipinski definition) is 1. The van der Waals surface area contributed by atoms with Crippen molar-refractivity contribution in [1.82, 2.24) is 9.78 Å². The summed E-state index contributed by atoms with van der Waals surface area (Å²) in [5.41, 5.74) is 2.57. The molecule has 1 heterocycles. The summed E-state index contributed by atoms with van der Waals surface area (Å²) < 4.78 is 1.84. The highest BCUT2D eigenvalue weighted by atomic mass is 35.5. The van der Waals surface area contributed by atoms with Crippen molar-refractivity contribution in [1.29, 1.82) is 0 Å². The lowest BCUT2D eigenvalue weighted by atomic mass is 10.1. The third-order valence-electron chi connectivity index (χ3n) is 2.33. The smallest absolute Gasteiger partial charge is 0.0664 e. The number of halogens is 1. The van der Waals surface area contributed by atoms with Crippen LogP contribution in [0, 0.1) is 0 Å². The second-order valence-corrected chi connectivity index (χ2v) is 4.10. The van der Waals surface area contributed by atoms with Gasteiger partial charge in [-0.05, 0) is 18.9 Å². The highest BCUT2D eigenvalue weighted by Gasteiger charge is 2.13. The van der Waals surface area contributed by atoms with Crippen molar-refractivity contribution in [2.75, 3.05) is 0 Å². The van der Waals surface area contributed by atoms with E-state index in [1.54, 1.807) is 0 Å². The van der Waals surface area contributed by atoms with Crippen molar-refractivity contribution in [2.45, 2.75) is 24.6 Å². The van der Waals surface area contributed by atoms with Crippen LogP contribution in [0.2, 0.25) is 0 Å². The van der Waals surface area contributed by atoms with Crippen molar-refractivity contribution in [2.24, 2.45) is 7.05 Å². The van der Waals surface area contributed by atoms with Crippen LogP contribution >= 0.6 is 11.6 Å². The number of alkyl halides is 1. The molecule has 2 rings (SSSR count). The molecule has 0 radical (unpaired) electrons. The Morgan fingerprint density at radius 3 is 3.08 bits per heavy atom. The van der Waals surface area contributed by atoms with Gasteiger partial charge in [-0.3, -0.25) is 4.68 Å². The van der Waals surface area contributed by atoms with Crippen molar-refractivity contribution >= 4 is 11.6 Å². The van der Waals surface area contributed by atoms with Crippen LogP contribution in [0.4, 0.5) is 0 Å². The average Bonchev–Trinajstić information content (AvgIpc) is 2.62. The molecule has 0 spiro atoms. The molecule has 1 aliphatic rings. The van der Waals surface area contributed by atoms with Gasteiger partial charge < -0.3 is 0 Å². The molecule has 0 aromatic carbocycles. The maximum atomic E-state index is 5.98. The van der Waals surface area contributed by atoms with E-state index in [1.165, 1.54) is 5.57 Å². The molecule has 0 aliphatic heterocycles. The third-order valence-corrected chi connectivity index (χ3v) is 2.68. The van der Waals surface area contributed by atoms with Gasteiger partial charge in [-0.2, -0.15) is 5.10 Å². The summed E-state index contributed by atoms with van der Waals surface area (Å²) in [6, 6.07) is 2.06. The molecule has 0 bridgehead atoms. The maximum absolute atomic E-state index is 5.98. The first-order chi connectivity index (χ1) is 6.24. The lowest BCUT2D eigenvalue weighted by molar-refractivity contribution is 0.745. The number of allylic oxidation sites excluding steroid dienone is 2. The van der Waals surface area contributed by atoms with Crippen LogP contribution in [0.25, 0.3) is 0 Å². The molecule has 0 saturated carbocycles. The quantitative estimate of drug-likeness (QED) is 0.524. The third kappa shape index (κ3) is 2.13. The fourth-order valence-electron chi connectivity index (χ4n) is 1.68. The van der Waals surface area contributed by atoms with Crippen LogP contribution in [0.1, 0.15) is 18.5 Å². The molecular weight excluding hydrogens is 184 g/mol. The summed E-state index contributed by atoms with van der Waals surface area (Å²) in [5, 5.41) is 4.58. The largest absolute Gasteiger partial charge is 0.276 e. The summed E-state index contributed by atoms with van der Waals surface area (Å²) in [5.74, 6) is 0. The fraction of sp³-hybridized carbons (Fsp3) is 0.500. The lowest BCUT2D eigenvalue weighted by Crippen LogP contribution is -1.92. The Morgan fingerprint density at radius 1 is 1.69 bits per heavy atom. The second-order valence-electron chi connectivity index (χ2n) is 3.54. The van der Waals surface area contributed by atoms with Crippen LogP contribution < -0.4 is 0 Å². The normalized spacial score (nSPS) is 22.0. The van der Waals surface area contributed by atoms with Gasteiger partial charge in [0.15, 0.2) is 0 Å². The minimum Gasteiger partial charge on any atom is -0.276 e. The minimum absolute atomic E-state index is 0.249. The standard InChI is InChI=1S/C10H13ClN2/c1-13-5-4-10(12-13)7-8-2-3-9(11)6-8/h4-6,9H,2-3,7H2,1H3. The molecule has 0 saturated heterocycles. The number of aryl methyl sites for hydroxylation is 1. The molecule has 13 heavy (non-hydrogen) atoms. The van der Waals surface area contributed by atoms with E-state index in [4.69, 9.17) is 11.6 Å². The van der Waals surface area contributed by atoms with Crippen molar-refractivity contribution in [3.8, 4) is 0 Å². The first-order valence-corrected chi connectivity index (χ1v) is 5.00. The molecule has 70 valence electrons. The van der Waals surface area contributed by atoms with Gasteiger partial charge in [0.1, 0.15) is 0 Å². The summed E-state index contributed by atoms with van der Waals surface area (Å²) >= 11 is 5.98. The molecule has 1 unspecified atom stereocenters. The zero-order chi connectivity index (χ0) is 9.26. The Morgan fingerprint density at radius 2 is 2.54 bits per heavy atom. The Kier molecular flexibility index (Phi) is 2.40. The SMILES string of the molecule is Cn1ccc(CC2=CC(Cl)CC2)n1. The lowest BCUT2D eigenvalue weighted by Gasteiger charge is -1.96. The summed E-state index contributed by atoms with van der Waals surface area (Å²) in [6.07, 6.45) is 7.32. The molecule has 0 fully saturated rings. The number of nitrogens with zero attached hydrogens (tertiary/aromatic N) is 2. The Labute approximate surface area is 83.2 Å². The number of aromatic nitrogens is 2. The van der Waals surface area contributed by atoms with E-state index in [2.05, 4.69) is 17.2 Å². The topological polar surface area (TPSA) is 17.8 Å². The average molecular weight is 197 g/mol. The van der Waals surface area contributed by atoms with Crippen LogP contribution in [0.15, 0.2) is 23.9 Å². The zero-order valence-corrected chi connectivity index (χ0v) is 8.46. The van der Waals surface area contributed by atoms with E-state index in [9.17, 15) is 0 Å².